The van der Waals surface area contributed by atoms with Gasteiger partial charge in [-0.25, -0.2) is 0 Å². The summed E-state index contributed by atoms with van der Waals surface area (Å²) in [6, 6.07) is 10.4. The molecule has 0 amide bonds. The molecular formula is C12H19NO. The molecule has 14 heavy (non-hydrogen) atoms. The first-order chi connectivity index (χ1) is 6.72. The van der Waals surface area contributed by atoms with E-state index in [2.05, 4.69) is 43.1 Å². The number of hydrogen-bond donors (Lipinski definition) is 1. The monoisotopic (exact) mass is 193 g/mol. The first-order valence-corrected chi connectivity index (χ1v) is 5.05. The molecule has 0 radical (unpaired) electrons. The van der Waals surface area contributed by atoms with Crippen LogP contribution in [0.1, 0.15) is 12.5 Å². The van der Waals surface area contributed by atoms with Gasteiger partial charge in [0.1, 0.15) is 0 Å². The second-order valence-electron chi connectivity index (χ2n) is 3.97. The maximum atomic E-state index is 8.92. The molecule has 0 aromatic heterocycles. The van der Waals surface area contributed by atoms with Crippen LogP contribution in [-0.4, -0.2) is 30.2 Å². The minimum absolute atomic E-state index is 0.263. The molecule has 1 aromatic rings. The predicted molar refractivity (Wildman–Crippen MR) is 59.0 cm³/mol. The molecule has 1 N–H and O–H groups in total. The van der Waals surface area contributed by atoms with Crippen LogP contribution in [-0.2, 0) is 6.54 Å². The molecule has 0 spiro atoms. The van der Waals surface area contributed by atoms with Crippen LogP contribution in [0, 0.1) is 5.92 Å². The van der Waals surface area contributed by atoms with Gasteiger partial charge in [0.05, 0.1) is 0 Å². The zero-order chi connectivity index (χ0) is 10.4. The smallest absolute Gasteiger partial charge is 0.0468 e. The Kier molecular flexibility index (Phi) is 4.63. The van der Waals surface area contributed by atoms with Gasteiger partial charge in [-0.05, 0) is 18.5 Å². The van der Waals surface area contributed by atoms with E-state index < -0.39 is 0 Å². The highest BCUT2D eigenvalue weighted by Crippen LogP contribution is 2.04. The number of aliphatic hydroxyl groups excluding tert-OH is 1. The number of hydrogen-bond acceptors (Lipinski definition) is 2. The first-order valence-electron chi connectivity index (χ1n) is 5.05. The van der Waals surface area contributed by atoms with E-state index in [-0.39, 0.29) is 6.61 Å². The normalized spacial score (nSPS) is 13.1. The fraction of sp³-hybridized carbons (Fsp3) is 0.500. The standard InChI is InChI=1S/C12H19NO/c1-11(10-14)8-13(2)9-12-6-4-3-5-7-12/h3-7,11,14H,8-10H2,1-2H3. The second-order valence-corrected chi connectivity index (χ2v) is 3.97. The maximum absolute atomic E-state index is 8.92. The molecule has 78 valence electrons. The van der Waals surface area contributed by atoms with E-state index in [0.717, 1.165) is 13.1 Å². The van der Waals surface area contributed by atoms with Crippen LogP contribution < -0.4 is 0 Å². The average Bonchev–Trinajstić information content (AvgIpc) is 2.19. The van der Waals surface area contributed by atoms with E-state index in [1.807, 2.05) is 6.07 Å². The molecule has 1 aromatic carbocycles. The summed E-state index contributed by atoms with van der Waals surface area (Å²) in [6.45, 7) is 4.21. The lowest BCUT2D eigenvalue weighted by Gasteiger charge is -2.19. The van der Waals surface area contributed by atoms with Crippen molar-refractivity contribution in [2.45, 2.75) is 13.5 Å². The summed E-state index contributed by atoms with van der Waals surface area (Å²) >= 11 is 0. The summed E-state index contributed by atoms with van der Waals surface area (Å²) in [5.41, 5.74) is 1.32. The highest BCUT2D eigenvalue weighted by atomic mass is 16.3. The molecule has 0 bridgehead atoms. The van der Waals surface area contributed by atoms with Gasteiger partial charge in [0, 0.05) is 19.7 Å². The third-order valence-electron chi connectivity index (χ3n) is 2.23. The van der Waals surface area contributed by atoms with Gasteiger partial charge in [0.15, 0.2) is 0 Å². The van der Waals surface area contributed by atoms with Crippen molar-refractivity contribution in [3.63, 3.8) is 0 Å². The Labute approximate surface area is 86.2 Å². The van der Waals surface area contributed by atoms with Crippen molar-refractivity contribution < 1.29 is 5.11 Å². The molecular weight excluding hydrogens is 174 g/mol. The highest BCUT2D eigenvalue weighted by molar-refractivity contribution is 5.14. The van der Waals surface area contributed by atoms with Crippen LogP contribution in [0.5, 0.6) is 0 Å². The SMILES string of the molecule is CC(CO)CN(C)Cc1ccccc1. The van der Waals surface area contributed by atoms with Crippen LogP contribution in [0.15, 0.2) is 30.3 Å². The molecule has 2 heteroatoms. The van der Waals surface area contributed by atoms with E-state index in [9.17, 15) is 0 Å². The molecule has 1 atom stereocenters. The maximum Gasteiger partial charge on any atom is 0.0468 e. The number of rotatable bonds is 5. The Balaban J connectivity index is 2.37. The third kappa shape index (κ3) is 3.90. The van der Waals surface area contributed by atoms with Gasteiger partial charge in [-0.2, -0.15) is 0 Å². The summed E-state index contributed by atoms with van der Waals surface area (Å²) in [5, 5.41) is 8.92. The van der Waals surface area contributed by atoms with Gasteiger partial charge in [-0.1, -0.05) is 37.3 Å². The van der Waals surface area contributed by atoms with Crippen LogP contribution in [0.3, 0.4) is 0 Å². The van der Waals surface area contributed by atoms with E-state index in [1.165, 1.54) is 5.56 Å². The van der Waals surface area contributed by atoms with Gasteiger partial charge in [-0.3, -0.25) is 0 Å². The van der Waals surface area contributed by atoms with Gasteiger partial charge in [-0.15, -0.1) is 0 Å². The molecule has 0 saturated carbocycles. The number of benzene rings is 1. The molecule has 0 saturated heterocycles. The predicted octanol–water partition coefficient (Wildman–Crippen LogP) is 1.75. The Morgan fingerprint density at radius 3 is 2.50 bits per heavy atom. The minimum Gasteiger partial charge on any atom is -0.396 e. The quantitative estimate of drug-likeness (QED) is 0.770. The molecule has 0 aliphatic heterocycles. The average molecular weight is 193 g/mol. The lowest BCUT2D eigenvalue weighted by atomic mass is 10.1. The van der Waals surface area contributed by atoms with Crippen LogP contribution in [0.25, 0.3) is 0 Å². The van der Waals surface area contributed by atoms with Crippen LogP contribution in [0.4, 0.5) is 0 Å². The van der Waals surface area contributed by atoms with E-state index >= 15 is 0 Å². The Bertz CT molecular complexity index is 248. The molecule has 0 fully saturated rings. The summed E-state index contributed by atoms with van der Waals surface area (Å²) < 4.78 is 0. The summed E-state index contributed by atoms with van der Waals surface area (Å²) in [6.07, 6.45) is 0. The van der Waals surface area contributed by atoms with E-state index in [0.29, 0.717) is 5.92 Å². The second kappa shape index (κ2) is 5.78. The zero-order valence-electron chi connectivity index (χ0n) is 8.98. The van der Waals surface area contributed by atoms with Crippen molar-refractivity contribution in [3.05, 3.63) is 35.9 Å². The highest BCUT2D eigenvalue weighted by Gasteiger charge is 2.05. The largest absolute Gasteiger partial charge is 0.396 e. The molecule has 2 nitrogen and oxygen atoms in total. The lowest BCUT2D eigenvalue weighted by Crippen LogP contribution is -2.25. The fourth-order valence-corrected chi connectivity index (χ4v) is 1.55. The van der Waals surface area contributed by atoms with Gasteiger partial charge >= 0.3 is 0 Å². The lowest BCUT2D eigenvalue weighted by molar-refractivity contribution is 0.188. The summed E-state index contributed by atoms with van der Waals surface area (Å²) in [4.78, 5) is 2.23. The van der Waals surface area contributed by atoms with Crippen LogP contribution >= 0.6 is 0 Å². The van der Waals surface area contributed by atoms with Crippen molar-refractivity contribution in [1.29, 1.82) is 0 Å². The topological polar surface area (TPSA) is 23.5 Å². The molecule has 1 unspecified atom stereocenters. The van der Waals surface area contributed by atoms with E-state index in [4.69, 9.17) is 5.11 Å². The molecule has 1 rings (SSSR count). The summed E-state index contributed by atoms with van der Waals surface area (Å²) in [5.74, 6) is 0.351. The Hall–Kier alpha value is -0.860. The van der Waals surface area contributed by atoms with Crippen LogP contribution in [0.2, 0.25) is 0 Å². The Morgan fingerprint density at radius 1 is 1.29 bits per heavy atom. The van der Waals surface area contributed by atoms with Crippen molar-refractivity contribution >= 4 is 0 Å². The van der Waals surface area contributed by atoms with Crippen molar-refractivity contribution in [1.82, 2.24) is 4.90 Å². The number of aliphatic hydroxyl groups is 1. The first kappa shape index (κ1) is 11.2. The fourth-order valence-electron chi connectivity index (χ4n) is 1.55. The third-order valence-corrected chi connectivity index (χ3v) is 2.23. The molecule has 0 heterocycles. The Morgan fingerprint density at radius 2 is 1.93 bits per heavy atom. The van der Waals surface area contributed by atoms with Crippen molar-refractivity contribution in [2.24, 2.45) is 5.92 Å². The van der Waals surface area contributed by atoms with Crippen molar-refractivity contribution in [3.8, 4) is 0 Å². The van der Waals surface area contributed by atoms with Gasteiger partial charge < -0.3 is 10.0 Å². The zero-order valence-corrected chi connectivity index (χ0v) is 8.98. The summed E-state index contributed by atoms with van der Waals surface area (Å²) in [7, 11) is 2.08. The molecule has 0 aliphatic rings. The molecule has 0 aliphatic carbocycles. The van der Waals surface area contributed by atoms with Crippen molar-refractivity contribution in [2.75, 3.05) is 20.2 Å². The van der Waals surface area contributed by atoms with E-state index in [1.54, 1.807) is 0 Å². The number of nitrogens with zero attached hydrogens (tertiary/aromatic N) is 1. The van der Waals surface area contributed by atoms with Gasteiger partial charge in [0.25, 0.3) is 0 Å². The van der Waals surface area contributed by atoms with Gasteiger partial charge in [0.2, 0.25) is 0 Å². The minimum atomic E-state index is 0.263.